The summed E-state index contributed by atoms with van der Waals surface area (Å²) >= 11 is 0. The standard InChI is InChI=1S/C41H58O13SSi/c1-37(2,3)56(9,10)54-31-22-30(43)40(46,24-52-55(8,48)49)33-35(53-36(45)26-14-12-11-13-15-26)41(47)29(42)21-20-28(38(41,4)5)32(34(44)39(31,33)6)51-23-25-16-18-27(50-7)19-17-25/h11-19,28,30-33,35,43,46-47H,20-24H2,1-10H3/t28-,30+,31+,32-,33?,35?,39-,40+,41-/m1/s1. The van der Waals surface area contributed by atoms with Crippen molar-refractivity contribution in [1.29, 1.82) is 0 Å². The summed E-state index contributed by atoms with van der Waals surface area (Å²) in [5.41, 5.74) is -8.20. The molecular weight excluding hydrogens is 761 g/mol. The number of carbonyl (C=O) groups is 3. The van der Waals surface area contributed by atoms with Gasteiger partial charge in [0.05, 0.1) is 49.8 Å². The lowest BCUT2D eigenvalue weighted by molar-refractivity contribution is -0.288. The van der Waals surface area contributed by atoms with E-state index in [0.29, 0.717) is 11.3 Å². The third-order valence-corrected chi connectivity index (χ3v) is 18.4. The molecule has 5 rings (SSSR count). The minimum Gasteiger partial charge on any atom is -0.497 e. The van der Waals surface area contributed by atoms with E-state index in [1.54, 1.807) is 63.4 Å². The molecule has 3 N–H and O–H groups in total. The summed E-state index contributed by atoms with van der Waals surface area (Å²) in [5, 5.41) is 37.9. The maximum atomic E-state index is 15.9. The van der Waals surface area contributed by atoms with Crippen molar-refractivity contribution in [3.8, 4) is 5.75 Å². The first kappa shape index (κ1) is 44.1. The summed E-state index contributed by atoms with van der Waals surface area (Å²) in [6.07, 6.45) is -6.16. The summed E-state index contributed by atoms with van der Waals surface area (Å²) < 4.78 is 55.5. The molecule has 15 heteroatoms. The number of aliphatic hydroxyl groups excluding tert-OH is 1. The molecular formula is C41H58O13SSi. The molecule has 2 aromatic carbocycles. The van der Waals surface area contributed by atoms with Crippen molar-refractivity contribution in [1.82, 2.24) is 0 Å². The number of ether oxygens (including phenoxy) is 3. The zero-order chi connectivity index (χ0) is 41.9. The van der Waals surface area contributed by atoms with Gasteiger partial charge in [-0.15, -0.1) is 0 Å². The minimum absolute atomic E-state index is 0.0471. The molecule has 0 saturated heterocycles. The number of Topliss-reactive ketones (excluding diaryl/α,β-unsaturated/α-hetero) is 2. The van der Waals surface area contributed by atoms with Crippen LogP contribution in [0.1, 0.15) is 76.7 Å². The van der Waals surface area contributed by atoms with Gasteiger partial charge in [-0.3, -0.25) is 13.8 Å². The number of aliphatic hydroxyl groups is 3. The van der Waals surface area contributed by atoms with Crippen LogP contribution in [-0.4, -0.2) is 105 Å². The van der Waals surface area contributed by atoms with Crippen molar-refractivity contribution in [3.05, 3.63) is 65.7 Å². The molecule has 2 bridgehead atoms. The molecule has 0 spiro atoms. The molecule has 3 aliphatic rings. The summed E-state index contributed by atoms with van der Waals surface area (Å²) in [7, 11) is -5.61. The molecule has 3 fully saturated rings. The van der Waals surface area contributed by atoms with Crippen molar-refractivity contribution in [2.45, 2.75) is 121 Å². The van der Waals surface area contributed by atoms with Gasteiger partial charge in [-0.1, -0.05) is 65.0 Å². The number of benzene rings is 2. The van der Waals surface area contributed by atoms with Gasteiger partial charge in [-0.05, 0) is 61.3 Å². The van der Waals surface area contributed by atoms with Gasteiger partial charge in [-0.2, -0.15) is 8.42 Å². The molecule has 56 heavy (non-hydrogen) atoms. The van der Waals surface area contributed by atoms with E-state index in [0.717, 1.165) is 6.26 Å². The molecule has 2 aromatic rings. The molecule has 9 atom stereocenters. The fourth-order valence-corrected chi connectivity index (χ4v) is 10.6. The van der Waals surface area contributed by atoms with Crippen molar-refractivity contribution >= 4 is 36.0 Å². The van der Waals surface area contributed by atoms with Crippen LogP contribution in [0.15, 0.2) is 54.6 Å². The number of fused-ring (bicyclic) bond motifs is 3. The second-order valence-corrected chi connectivity index (χ2v) is 24.4. The average molecular weight is 819 g/mol. The van der Waals surface area contributed by atoms with Crippen LogP contribution < -0.4 is 4.74 Å². The van der Waals surface area contributed by atoms with Crippen molar-refractivity contribution in [2.75, 3.05) is 20.0 Å². The topological polar surface area (TPSA) is 192 Å². The van der Waals surface area contributed by atoms with Gasteiger partial charge in [0.1, 0.15) is 23.6 Å². The Morgan fingerprint density at radius 1 is 0.982 bits per heavy atom. The SMILES string of the molecule is COc1ccc(CO[C@H]2C(=O)[C@@]3(C)C(C(OC(=O)c4ccccc4)[C@]4(O)C(=O)CC[C@H]2C4(C)C)[C@](O)(COS(C)(=O)=O)[C@@H](O)C[C@@H]3O[Si](C)(C)C(C)(C)C)cc1. The molecule has 0 heterocycles. The molecule has 3 aliphatic carbocycles. The second-order valence-electron chi connectivity index (χ2n) is 18.0. The van der Waals surface area contributed by atoms with Crippen LogP contribution in [0.25, 0.3) is 0 Å². The van der Waals surface area contributed by atoms with Gasteiger partial charge < -0.3 is 34.0 Å². The molecule has 0 aliphatic heterocycles. The van der Waals surface area contributed by atoms with E-state index in [1.807, 2.05) is 33.9 Å². The molecule has 0 aromatic heterocycles. The van der Waals surface area contributed by atoms with Gasteiger partial charge in [-0.25, -0.2) is 4.79 Å². The maximum Gasteiger partial charge on any atom is 0.338 e. The van der Waals surface area contributed by atoms with Crippen molar-refractivity contribution in [2.24, 2.45) is 22.7 Å². The number of ketones is 2. The molecule has 13 nitrogen and oxygen atoms in total. The van der Waals surface area contributed by atoms with E-state index in [1.165, 1.54) is 19.1 Å². The van der Waals surface area contributed by atoms with Crippen molar-refractivity contribution < 1.29 is 60.9 Å². The van der Waals surface area contributed by atoms with E-state index in [2.05, 4.69) is 0 Å². The van der Waals surface area contributed by atoms with Gasteiger partial charge in [0.15, 0.2) is 25.5 Å². The number of methoxy groups -OCH3 is 1. The third kappa shape index (κ3) is 7.65. The van der Waals surface area contributed by atoms with Crippen LogP contribution in [0, 0.1) is 22.7 Å². The lowest BCUT2D eigenvalue weighted by atomic mass is 9.44. The zero-order valence-electron chi connectivity index (χ0n) is 34.0. The Balaban J connectivity index is 1.83. The Labute approximate surface area is 331 Å². The van der Waals surface area contributed by atoms with Crippen LogP contribution in [0.2, 0.25) is 18.1 Å². The maximum absolute atomic E-state index is 15.9. The van der Waals surface area contributed by atoms with Crippen molar-refractivity contribution in [3.63, 3.8) is 0 Å². The predicted octanol–water partition coefficient (Wildman–Crippen LogP) is 4.61. The highest BCUT2D eigenvalue weighted by atomic mass is 32.2. The first-order valence-corrected chi connectivity index (χ1v) is 23.7. The Hall–Kier alpha value is -3.02. The number of esters is 1. The van der Waals surface area contributed by atoms with E-state index in [4.69, 9.17) is 22.8 Å². The number of hydrogen-bond donors (Lipinski definition) is 3. The predicted molar refractivity (Wildman–Crippen MR) is 209 cm³/mol. The summed E-state index contributed by atoms with van der Waals surface area (Å²) in [4.78, 5) is 44.6. The third-order valence-electron chi connectivity index (χ3n) is 13.3. The average Bonchev–Trinajstić information content (AvgIpc) is 3.11. The van der Waals surface area contributed by atoms with Gasteiger partial charge >= 0.3 is 5.97 Å². The quantitative estimate of drug-likeness (QED) is 0.162. The van der Waals surface area contributed by atoms with Crippen LogP contribution in [0.3, 0.4) is 0 Å². The van der Waals surface area contributed by atoms with Gasteiger partial charge in [0.2, 0.25) is 0 Å². The fraction of sp³-hybridized carbons (Fsp3) is 0.634. The largest absolute Gasteiger partial charge is 0.497 e. The fourth-order valence-electron chi connectivity index (χ4n) is 8.83. The first-order chi connectivity index (χ1) is 25.8. The first-order valence-electron chi connectivity index (χ1n) is 19.0. The summed E-state index contributed by atoms with van der Waals surface area (Å²) in [6, 6.07) is 14.9. The minimum atomic E-state index is -4.29. The molecule has 0 amide bonds. The smallest absolute Gasteiger partial charge is 0.338 e. The number of carbonyl (C=O) groups excluding carboxylic acids is 3. The van der Waals surface area contributed by atoms with E-state index >= 15 is 4.79 Å². The number of rotatable bonds is 11. The highest BCUT2D eigenvalue weighted by molar-refractivity contribution is 7.86. The molecule has 3 saturated carbocycles. The van der Waals surface area contributed by atoms with Gasteiger partial charge in [0.25, 0.3) is 10.1 Å². The highest BCUT2D eigenvalue weighted by Gasteiger charge is 2.77. The summed E-state index contributed by atoms with van der Waals surface area (Å²) in [5.74, 6) is -4.41. The molecule has 2 unspecified atom stereocenters. The Kier molecular flexibility index (Phi) is 12.0. The molecule has 0 radical (unpaired) electrons. The molecule has 310 valence electrons. The zero-order valence-corrected chi connectivity index (χ0v) is 35.8. The van der Waals surface area contributed by atoms with Crippen LogP contribution in [0.4, 0.5) is 0 Å². The van der Waals surface area contributed by atoms with E-state index in [9.17, 15) is 33.3 Å². The number of hydrogen-bond acceptors (Lipinski definition) is 13. The van der Waals surface area contributed by atoms with Gasteiger partial charge in [0, 0.05) is 30.1 Å². The Bertz CT molecular complexity index is 1890. The highest BCUT2D eigenvalue weighted by Crippen LogP contribution is 2.62. The Morgan fingerprint density at radius 3 is 2.14 bits per heavy atom. The summed E-state index contributed by atoms with van der Waals surface area (Å²) in [6.45, 7) is 13.4. The second kappa shape index (κ2) is 15.3. The van der Waals surface area contributed by atoms with Crippen LogP contribution in [-0.2, 0) is 44.4 Å². The Morgan fingerprint density at radius 2 is 1.59 bits per heavy atom. The lowest BCUT2D eigenvalue weighted by Gasteiger charge is -2.65. The monoisotopic (exact) mass is 818 g/mol. The van der Waals surface area contributed by atoms with Crippen LogP contribution >= 0.6 is 0 Å². The van der Waals surface area contributed by atoms with E-state index in [-0.39, 0.29) is 31.4 Å². The lowest BCUT2D eigenvalue weighted by Crippen LogP contribution is -2.80. The normalized spacial score (nSPS) is 33.5. The van der Waals surface area contributed by atoms with E-state index < -0.39 is 106 Å². The van der Waals surface area contributed by atoms with Crippen LogP contribution in [0.5, 0.6) is 5.75 Å².